The fourth-order valence-corrected chi connectivity index (χ4v) is 3.94. The zero-order valence-electron chi connectivity index (χ0n) is 18.3. The van der Waals surface area contributed by atoms with Crippen LogP contribution in [-0.2, 0) is 4.79 Å². The zero-order chi connectivity index (χ0) is 25.5. The molecule has 0 saturated carbocycles. The van der Waals surface area contributed by atoms with Crippen molar-refractivity contribution >= 4 is 69.0 Å². The number of rotatable bonds is 6. The number of halogens is 2. The first kappa shape index (κ1) is 25.8. The maximum atomic E-state index is 12.4. The van der Waals surface area contributed by atoms with Crippen molar-refractivity contribution in [3.05, 3.63) is 84.8 Å². The van der Waals surface area contributed by atoms with Gasteiger partial charge < -0.3 is 9.32 Å². The highest BCUT2D eigenvalue weighted by atomic mass is 35.5. The second kappa shape index (κ2) is 11.6. The number of anilines is 1. The van der Waals surface area contributed by atoms with Gasteiger partial charge >= 0.3 is 5.63 Å². The van der Waals surface area contributed by atoms with E-state index in [1.54, 1.807) is 38.4 Å². The van der Waals surface area contributed by atoms with Crippen LogP contribution in [0.5, 0.6) is 0 Å². The van der Waals surface area contributed by atoms with Crippen molar-refractivity contribution in [3.63, 3.8) is 0 Å². The quantitative estimate of drug-likeness (QED) is 0.117. The molecule has 4 aromatic rings. The summed E-state index contributed by atoms with van der Waals surface area (Å²) >= 11 is 13.3. The van der Waals surface area contributed by atoms with Crippen molar-refractivity contribution in [2.24, 2.45) is 5.10 Å². The number of thiazole rings is 1. The van der Waals surface area contributed by atoms with Crippen LogP contribution in [0.2, 0.25) is 10.0 Å². The van der Waals surface area contributed by atoms with Crippen LogP contribution >= 0.6 is 34.5 Å². The minimum absolute atomic E-state index is 0.00136. The molecule has 35 heavy (non-hydrogen) atoms. The van der Waals surface area contributed by atoms with Crippen molar-refractivity contribution in [1.82, 2.24) is 9.88 Å². The van der Waals surface area contributed by atoms with Crippen LogP contribution in [0.15, 0.2) is 63.0 Å². The molecule has 2 aromatic carbocycles. The summed E-state index contributed by atoms with van der Waals surface area (Å²) in [6.45, 7) is 0. The van der Waals surface area contributed by atoms with E-state index in [0.717, 1.165) is 6.41 Å². The van der Waals surface area contributed by atoms with E-state index in [0.29, 0.717) is 31.5 Å². The third kappa shape index (κ3) is 6.85. The Hall–Kier alpha value is -3.80. The SMILES string of the molecule is CN(C)C=O.O=c1oc2c(Cl)cc(Cl)cc2cc1-c1cnc(N/N=C/c2ccc([N+](=O)[O-])cc2)s1. The van der Waals surface area contributed by atoms with Crippen molar-refractivity contribution in [2.45, 2.75) is 0 Å². The highest BCUT2D eigenvalue weighted by Crippen LogP contribution is 2.32. The van der Waals surface area contributed by atoms with Gasteiger partial charge in [0.15, 0.2) is 5.58 Å². The lowest BCUT2D eigenvalue weighted by molar-refractivity contribution is -0.384. The Morgan fingerprint density at radius 3 is 2.51 bits per heavy atom. The standard InChI is InChI=1S/C19H10Cl2N4O4S.C3H7NO/c20-12-5-11-6-14(18(26)29-17(11)15(21)7-12)16-9-22-19(30-16)24-23-8-10-1-3-13(4-2-10)25(27)28;1-4(2)3-5/h1-9H,(H,22,24);3H,1-2H3/b23-8+;. The summed E-state index contributed by atoms with van der Waals surface area (Å²) in [5.74, 6) is 0. The van der Waals surface area contributed by atoms with Crippen LogP contribution < -0.4 is 11.1 Å². The van der Waals surface area contributed by atoms with Crippen LogP contribution in [0.3, 0.4) is 0 Å². The highest BCUT2D eigenvalue weighted by Gasteiger charge is 2.13. The molecule has 180 valence electrons. The van der Waals surface area contributed by atoms with Gasteiger partial charge in [0.1, 0.15) is 0 Å². The number of carbonyl (C=O) groups excluding carboxylic acids is 1. The Labute approximate surface area is 212 Å². The number of amides is 1. The minimum Gasteiger partial charge on any atom is -0.421 e. The predicted octanol–water partition coefficient (Wildman–Crippen LogP) is 5.28. The number of fused-ring (bicyclic) bond motifs is 1. The van der Waals surface area contributed by atoms with Gasteiger partial charge in [-0.2, -0.15) is 5.10 Å². The monoisotopic (exact) mass is 533 g/mol. The number of nitro groups is 1. The fraction of sp³-hybridized carbons (Fsp3) is 0.0909. The topological polar surface area (TPSA) is 131 Å². The molecule has 0 fully saturated rings. The van der Waals surface area contributed by atoms with E-state index in [9.17, 15) is 19.7 Å². The zero-order valence-corrected chi connectivity index (χ0v) is 20.6. The number of nitrogens with one attached hydrogen (secondary N) is 1. The molecule has 10 nitrogen and oxygen atoms in total. The molecule has 1 N–H and O–H groups in total. The lowest BCUT2D eigenvalue weighted by atomic mass is 10.1. The van der Waals surface area contributed by atoms with Gasteiger partial charge in [0, 0.05) is 42.8 Å². The number of hydrogen-bond donors (Lipinski definition) is 1. The molecular formula is C22H17Cl2N5O5S. The minimum atomic E-state index is -0.545. The van der Waals surface area contributed by atoms with Crippen LogP contribution in [0.1, 0.15) is 5.56 Å². The van der Waals surface area contributed by atoms with Gasteiger partial charge in [-0.25, -0.2) is 9.78 Å². The Morgan fingerprint density at radius 1 is 1.20 bits per heavy atom. The number of nitro benzene ring substituents is 1. The second-order valence-corrected chi connectivity index (χ2v) is 8.95. The maximum Gasteiger partial charge on any atom is 0.345 e. The van der Waals surface area contributed by atoms with Gasteiger partial charge in [-0.3, -0.25) is 20.3 Å². The molecule has 0 unspecified atom stereocenters. The first-order valence-electron chi connectivity index (χ1n) is 9.72. The summed E-state index contributed by atoms with van der Waals surface area (Å²) in [6, 6.07) is 10.7. The van der Waals surface area contributed by atoms with E-state index < -0.39 is 10.5 Å². The Morgan fingerprint density at radius 2 is 1.89 bits per heavy atom. The van der Waals surface area contributed by atoms with E-state index in [4.69, 9.17) is 27.6 Å². The molecule has 0 atom stereocenters. The normalized spacial score (nSPS) is 10.6. The van der Waals surface area contributed by atoms with E-state index in [1.165, 1.54) is 46.8 Å². The molecule has 2 aromatic heterocycles. The first-order chi connectivity index (χ1) is 16.7. The molecule has 0 bridgehead atoms. The van der Waals surface area contributed by atoms with Gasteiger partial charge in [0.2, 0.25) is 11.5 Å². The molecule has 13 heteroatoms. The Bertz CT molecular complexity index is 1450. The van der Waals surface area contributed by atoms with Gasteiger partial charge in [0.05, 0.1) is 26.6 Å². The molecule has 0 spiro atoms. The number of non-ortho nitro benzene ring substituents is 1. The number of carbonyl (C=O) groups is 1. The van der Waals surface area contributed by atoms with E-state index >= 15 is 0 Å². The fourth-order valence-electron chi connectivity index (χ4n) is 2.62. The highest BCUT2D eigenvalue weighted by molar-refractivity contribution is 7.18. The number of benzene rings is 2. The number of hydrogen-bond acceptors (Lipinski definition) is 9. The third-order valence-corrected chi connectivity index (χ3v) is 5.65. The summed E-state index contributed by atoms with van der Waals surface area (Å²) in [4.78, 5) is 38.2. The molecule has 4 rings (SSSR count). The van der Waals surface area contributed by atoms with Crippen molar-refractivity contribution in [1.29, 1.82) is 0 Å². The molecule has 0 radical (unpaired) electrons. The summed E-state index contributed by atoms with van der Waals surface area (Å²) in [7, 11) is 3.38. The summed E-state index contributed by atoms with van der Waals surface area (Å²) in [6.07, 6.45) is 3.78. The molecule has 0 aliphatic carbocycles. The van der Waals surface area contributed by atoms with Crippen molar-refractivity contribution in [3.8, 4) is 10.4 Å². The van der Waals surface area contributed by atoms with Crippen molar-refractivity contribution in [2.75, 3.05) is 19.5 Å². The van der Waals surface area contributed by atoms with Crippen LogP contribution in [0.4, 0.5) is 10.8 Å². The first-order valence-corrected chi connectivity index (χ1v) is 11.3. The smallest absolute Gasteiger partial charge is 0.345 e. The molecule has 1 amide bonds. The molecular weight excluding hydrogens is 517 g/mol. The maximum absolute atomic E-state index is 12.4. The number of hydrazone groups is 1. The number of nitrogens with zero attached hydrogens (tertiary/aromatic N) is 4. The predicted molar refractivity (Wildman–Crippen MR) is 138 cm³/mol. The molecule has 0 aliphatic heterocycles. The van der Waals surface area contributed by atoms with Gasteiger partial charge in [-0.05, 0) is 35.9 Å². The van der Waals surface area contributed by atoms with Gasteiger partial charge in [0.25, 0.3) is 5.69 Å². The summed E-state index contributed by atoms with van der Waals surface area (Å²) in [5, 5.41) is 16.5. The lowest BCUT2D eigenvalue weighted by Gasteiger charge is -2.02. The Balaban J connectivity index is 0.000000623. The Kier molecular flexibility index (Phi) is 8.53. The second-order valence-electron chi connectivity index (χ2n) is 7.07. The lowest BCUT2D eigenvalue weighted by Crippen LogP contribution is -2.06. The molecule has 0 saturated heterocycles. The largest absolute Gasteiger partial charge is 0.421 e. The van der Waals surface area contributed by atoms with E-state index in [2.05, 4.69) is 15.5 Å². The average Bonchev–Trinajstić information content (AvgIpc) is 3.28. The van der Waals surface area contributed by atoms with E-state index in [-0.39, 0.29) is 16.3 Å². The number of aromatic nitrogens is 1. The molecule has 2 heterocycles. The van der Waals surface area contributed by atoms with Gasteiger partial charge in [-0.15, -0.1) is 0 Å². The summed E-state index contributed by atoms with van der Waals surface area (Å²) in [5.41, 5.74) is 3.49. The summed E-state index contributed by atoms with van der Waals surface area (Å²) < 4.78 is 5.34. The third-order valence-electron chi connectivity index (χ3n) is 4.21. The van der Waals surface area contributed by atoms with Crippen molar-refractivity contribution < 1.29 is 14.1 Å². The van der Waals surface area contributed by atoms with Gasteiger partial charge in [-0.1, -0.05) is 34.5 Å². The van der Waals surface area contributed by atoms with E-state index in [1.807, 2.05) is 0 Å². The van der Waals surface area contributed by atoms with Crippen LogP contribution in [0, 0.1) is 10.1 Å². The average molecular weight is 534 g/mol. The van der Waals surface area contributed by atoms with Crippen LogP contribution in [-0.4, -0.2) is 41.5 Å². The van der Waals surface area contributed by atoms with Crippen LogP contribution in [0.25, 0.3) is 21.4 Å². The molecule has 0 aliphatic rings.